The molecule has 0 atom stereocenters. The Balaban J connectivity index is 2.23. The van der Waals surface area contributed by atoms with Crippen LogP contribution < -0.4 is 9.47 Å². The molecule has 2 aromatic carbocycles. The van der Waals surface area contributed by atoms with Crippen LogP contribution in [0.2, 0.25) is 5.02 Å². The smallest absolute Gasteiger partial charge is 0.487 e. The Kier molecular flexibility index (Phi) is 5.98. The van der Waals surface area contributed by atoms with E-state index in [1.165, 1.54) is 24.3 Å². The summed E-state index contributed by atoms with van der Waals surface area (Å²) in [6, 6.07) is 6.55. The summed E-state index contributed by atoms with van der Waals surface area (Å²) in [7, 11) is 1.13. The zero-order chi connectivity index (χ0) is 17.7. The Labute approximate surface area is 142 Å². The third-order valence-corrected chi connectivity index (χ3v) is 3.59. The molecule has 0 aliphatic rings. The highest BCUT2D eigenvalue weighted by molar-refractivity contribution is 6.32. The van der Waals surface area contributed by atoms with Gasteiger partial charge < -0.3 is 14.2 Å². The van der Waals surface area contributed by atoms with Gasteiger partial charge in [-0.1, -0.05) is 24.6 Å². The topological polar surface area (TPSA) is 44.8 Å². The molecule has 0 amide bonds. The molecule has 0 heterocycles. The Bertz CT molecular complexity index is 750. The first-order valence-electron chi connectivity index (χ1n) is 7.10. The molecule has 0 bridgehead atoms. The monoisotopic (exact) mass is 356 g/mol. The van der Waals surface area contributed by atoms with E-state index in [0.29, 0.717) is 12.0 Å². The van der Waals surface area contributed by atoms with E-state index in [-0.39, 0.29) is 28.7 Å². The van der Waals surface area contributed by atoms with Crippen LogP contribution in [0, 0.1) is 11.6 Å². The number of rotatable bonds is 5. The molecule has 0 aromatic heterocycles. The van der Waals surface area contributed by atoms with Crippen LogP contribution in [0.4, 0.5) is 13.6 Å². The number of halogens is 3. The highest BCUT2D eigenvalue weighted by Crippen LogP contribution is 2.30. The lowest BCUT2D eigenvalue weighted by atomic mass is 10.1. The third-order valence-electron chi connectivity index (χ3n) is 3.29. The van der Waals surface area contributed by atoms with Gasteiger partial charge in [0.05, 0.1) is 17.7 Å². The van der Waals surface area contributed by atoms with Crippen molar-refractivity contribution in [3.8, 4) is 11.5 Å². The van der Waals surface area contributed by atoms with E-state index in [1.54, 1.807) is 6.92 Å². The molecule has 0 saturated heterocycles. The predicted octanol–water partition coefficient (Wildman–Crippen LogP) is 4.90. The molecule has 0 fully saturated rings. The highest BCUT2D eigenvalue weighted by Gasteiger charge is 2.16. The van der Waals surface area contributed by atoms with Crippen molar-refractivity contribution < 1.29 is 27.8 Å². The SMILES string of the molecule is CCc1cc(Cl)c(OCc2c(F)cccc2OC(=O)OC)cc1F. The van der Waals surface area contributed by atoms with Crippen molar-refractivity contribution in [2.45, 2.75) is 20.0 Å². The van der Waals surface area contributed by atoms with Crippen LogP contribution in [-0.4, -0.2) is 13.3 Å². The van der Waals surface area contributed by atoms with Crippen molar-refractivity contribution in [1.82, 2.24) is 0 Å². The molecule has 4 nitrogen and oxygen atoms in total. The highest BCUT2D eigenvalue weighted by atomic mass is 35.5. The molecular weight excluding hydrogens is 342 g/mol. The van der Waals surface area contributed by atoms with Crippen LogP contribution in [0.3, 0.4) is 0 Å². The number of ether oxygens (including phenoxy) is 3. The van der Waals surface area contributed by atoms with Crippen LogP contribution in [0.15, 0.2) is 30.3 Å². The minimum atomic E-state index is -0.988. The van der Waals surface area contributed by atoms with E-state index in [1.807, 2.05) is 0 Å². The van der Waals surface area contributed by atoms with Crippen molar-refractivity contribution in [3.63, 3.8) is 0 Å². The summed E-state index contributed by atoms with van der Waals surface area (Å²) < 4.78 is 42.5. The van der Waals surface area contributed by atoms with Gasteiger partial charge in [0.2, 0.25) is 0 Å². The van der Waals surface area contributed by atoms with Crippen LogP contribution >= 0.6 is 11.6 Å². The van der Waals surface area contributed by atoms with Crippen molar-refractivity contribution in [2.24, 2.45) is 0 Å². The Morgan fingerprint density at radius 2 is 1.92 bits per heavy atom. The van der Waals surface area contributed by atoms with E-state index < -0.39 is 17.8 Å². The minimum Gasteiger partial charge on any atom is -0.487 e. The van der Waals surface area contributed by atoms with Crippen molar-refractivity contribution in [3.05, 3.63) is 58.1 Å². The van der Waals surface area contributed by atoms with Crippen molar-refractivity contribution in [1.29, 1.82) is 0 Å². The van der Waals surface area contributed by atoms with E-state index >= 15 is 0 Å². The molecule has 0 N–H and O–H groups in total. The Morgan fingerprint density at radius 3 is 2.58 bits per heavy atom. The fourth-order valence-electron chi connectivity index (χ4n) is 2.01. The second-order valence-electron chi connectivity index (χ2n) is 4.79. The number of carbonyl (C=O) groups is 1. The lowest BCUT2D eigenvalue weighted by Gasteiger charge is -2.13. The zero-order valence-corrected chi connectivity index (χ0v) is 13.8. The van der Waals surface area contributed by atoms with Gasteiger partial charge >= 0.3 is 6.16 Å². The fraction of sp³-hybridized carbons (Fsp3) is 0.235. The van der Waals surface area contributed by atoms with E-state index in [9.17, 15) is 13.6 Å². The number of methoxy groups -OCH3 is 1. The molecule has 24 heavy (non-hydrogen) atoms. The first kappa shape index (κ1) is 18.0. The first-order chi connectivity index (χ1) is 11.5. The molecule has 128 valence electrons. The van der Waals surface area contributed by atoms with Gasteiger partial charge in [-0.05, 0) is 30.2 Å². The zero-order valence-electron chi connectivity index (χ0n) is 13.1. The van der Waals surface area contributed by atoms with Crippen LogP contribution in [0.5, 0.6) is 11.5 Å². The Hall–Kier alpha value is -2.34. The van der Waals surface area contributed by atoms with Gasteiger partial charge in [0.15, 0.2) is 0 Å². The van der Waals surface area contributed by atoms with E-state index in [0.717, 1.165) is 13.2 Å². The lowest BCUT2D eigenvalue weighted by Crippen LogP contribution is -2.11. The number of aryl methyl sites for hydroxylation is 1. The van der Waals surface area contributed by atoms with Gasteiger partial charge in [0.1, 0.15) is 29.7 Å². The number of benzene rings is 2. The second kappa shape index (κ2) is 7.97. The molecule has 0 radical (unpaired) electrons. The molecule has 2 aromatic rings. The summed E-state index contributed by atoms with van der Waals surface area (Å²) in [6.45, 7) is 1.49. The number of hydrogen-bond donors (Lipinski definition) is 0. The third kappa shape index (κ3) is 4.14. The predicted molar refractivity (Wildman–Crippen MR) is 84.6 cm³/mol. The van der Waals surface area contributed by atoms with Gasteiger partial charge in [-0.15, -0.1) is 0 Å². The maximum Gasteiger partial charge on any atom is 0.513 e. The maximum absolute atomic E-state index is 14.0. The van der Waals surface area contributed by atoms with Crippen LogP contribution in [-0.2, 0) is 17.8 Å². The lowest BCUT2D eigenvalue weighted by molar-refractivity contribution is 0.120. The first-order valence-corrected chi connectivity index (χ1v) is 7.48. The minimum absolute atomic E-state index is 0.0149. The summed E-state index contributed by atoms with van der Waals surface area (Å²) in [5.74, 6) is -1.09. The van der Waals surface area contributed by atoms with Crippen molar-refractivity contribution >= 4 is 17.8 Å². The molecule has 2 rings (SSSR count). The normalized spacial score (nSPS) is 10.4. The van der Waals surface area contributed by atoms with Crippen LogP contribution in [0.1, 0.15) is 18.1 Å². The van der Waals surface area contributed by atoms with Gasteiger partial charge in [0, 0.05) is 6.07 Å². The summed E-state index contributed by atoms with van der Waals surface area (Å²) in [6.07, 6.45) is -0.505. The van der Waals surface area contributed by atoms with Gasteiger partial charge in [-0.3, -0.25) is 0 Å². The standard InChI is InChI=1S/C17H15ClF2O4/c1-3-10-7-12(18)16(8-14(10)20)23-9-11-13(19)5-4-6-15(11)24-17(21)22-2/h4-8H,3,9H2,1-2H3. The molecule has 0 spiro atoms. The second-order valence-corrected chi connectivity index (χ2v) is 5.20. The maximum atomic E-state index is 14.0. The van der Waals surface area contributed by atoms with Crippen molar-refractivity contribution in [2.75, 3.05) is 7.11 Å². The summed E-state index contributed by atoms with van der Waals surface area (Å²) in [5.41, 5.74) is 0.437. The van der Waals surface area contributed by atoms with Crippen LogP contribution in [0.25, 0.3) is 0 Å². The number of carbonyl (C=O) groups excluding carboxylic acids is 1. The quantitative estimate of drug-likeness (QED) is 0.564. The van der Waals surface area contributed by atoms with E-state index in [4.69, 9.17) is 21.1 Å². The average molecular weight is 357 g/mol. The Morgan fingerprint density at radius 1 is 1.17 bits per heavy atom. The van der Waals surface area contributed by atoms with Gasteiger partial charge in [-0.25, -0.2) is 13.6 Å². The van der Waals surface area contributed by atoms with Gasteiger partial charge in [0.25, 0.3) is 0 Å². The number of hydrogen-bond acceptors (Lipinski definition) is 4. The van der Waals surface area contributed by atoms with Gasteiger partial charge in [-0.2, -0.15) is 0 Å². The molecule has 0 unspecified atom stereocenters. The average Bonchev–Trinajstić information content (AvgIpc) is 2.56. The summed E-state index contributed by atoms with van der Waals surface area (Å²) in [4.78, 5) is 11.2. The molecule has 0 saturated carbocycles. The molecular formula is C17H15ClF2O4. The summed E-state index contributed by atoms with van der Waals surface area (Å²) in [5, 5.41) is 0.208. The molecule has 0 aliphatic carbocycles. The largest absolute Gasteiger partial charge is 0.513 e. The molecule has 7 heteroatoms. The van der Waals surface area contributed by atoms with E-state index in [2.05, 4.69) is 4.74 Å². The summed E-state index contributed by atoms with van der Waals surface area (Å²) >= 11 is 6.04. The molecule has 0 aliphatic heterocycles. The fourth-order valence-corrected chi connectivity index (χ4v) is 2.25.